The number of hydrogen-bond acceptors (Lipinski definition) is 5. The highest BCUT2D eigenvalue weighted by molar-refractivity contribution is 6.46. The first-order valence-electron chi connectivity index (χ1n) is 12.8. The maximum Gasteiger partial charge on any atom is 0.295 e. The van der Waals surface area contributed by atoms with Crippen molar-refractivity contribution >= 4 is 17.4 Å². The fourth-order valence-electron chi connectivity index (χ4n) is 4.90. The van der Waals surface area contributed by atoms with Gasteiger partial charge >= 0.3 is 0 Å². The molecule has 1 saturated heterocycles. The van der Waals surface area contributed by atoms with Crippen LogP contribution in [0.1, 0.15) is 61.6 Å². The van der Waals surface area contributed by atoms with Crippen LogP contribution >= 0.6 is 0 Å². The van der Waals surface area contributed by atoms with Crippen LogP contribution in [0.2, 0.25) is 0 Å². The standard InChI is InChI=1S/C32H35NO5/c1-7-38-26-15-14-23(18-25(26)32(3,4)5)29(34)27-28(22-12-8-10-20(2)16-22)33(31(36)30(27)35)19-21-11-9-13-24(17-21)37-6/h8-18,28,34H,7,19H2,1-6H3/b29-27-. The van der Waals surface area contributed by atoms with Gasteiger partial charge in [-0.1, -0.05) is 62.7 Å². The molecule has 198 valence electrons. The molecular formula is C32H35NO5. The number of ketones is 1. The summed E-state index contributed by atoms with van der Waals surface area (Å²) < 4.78 is 11.2. The van der Waals surface area contributed by atoms with Crippen molar-refractivity contribution in [2.75, 3.05) is 13.7 Å². The molecule has 0 aromatic heterocycles. The van der Waals surface area contributed by atoms with E-state index < -0.39 is 17.7 Å². The van der Waals surface area contributed by atoms with E-state index in [0.29, 0.717) is 17.9 Å². The second-order valence-electron chi connectivity index (χ2n) is 10.6. The van der Waals surface area contributed by atoms with E-state index in [-0.39, 0.29) is 23.3 Å². The molecule has 6 heteroatoms. The fourth-order valence-corrected chi connectivity index (χ4v) is 4.90. The number of carbonyl (C=O) groups is 2. The number of likely N-dealkylation sites (tertiary alicyclic amines) is 1. The average molecular weight is 514 g/mol. The summed E-state index contributed by atoms with van der Waals surface area (Å²) >= 11 is 0. The van der Waals surface area contributed by atoms with E-state index in [4.69, 9.17) is 9.47 Å². The summed E-state index contributed by atoms with van der Waals surface area (Å²) in [7, 11) is 1.58. The summed E-state index contributed by atoms with van der Waals surface area (Å²) in [6, 6.07) is 19.7. The van der Waals surface area contributed by atoms with Gasteiger partial charge in [-0.2, -0.15) is 0 Å². The summed E-state index contributed by atoms with van der Waals surface area (Å²) in [6.45, 7) is 10.8. The Bertz CT molecular complexity index is 1400. The zero-order chi connectivity index (χ0) is 27.6. The minimum absolute atomic E-state index is 0.0764. The quantitative estimate of drug-likeness (QED) is 0.227. The number of ether oxygens (including phenoxy) is 2. The maximum absolute atomic E-state index is 13.5. The largest absolute Gasteiger partial charge is 0.507 e. The van der Waals surface area contributed by atoms with Crippen LogP contribution in [-0.2, 0) is 21.5 Å². The molecule has 1 aliphatic heterocycles. The second-order valence-corrected chi connectivity index (χ2v) is 10.6. The highest BCUT2D eigenvalue weighted by Crippen LogP contribution is 2.42. The number of benzene rings is 3. The lowest BCUT2D eigenvalue weighted by atomic mass is 9.84. The van der Waals surface area contributed by atoms with Gasteiger partial charge in [0.25, 0.3) is 11.7 Å². The SMILES string of the molecule is CCOc1ccc(/C(O)=C2/C(=O)C(=O)N(Cc3cccc(OC)c3)C2c2cccc(C)c2)cc1C(C)(C)C. The summed E-state index contributed by atoms with van der Waals surface area (Å²) in [5, 5.41) is 11.6. The van der Waals surface area contributed by atoms with E-state index in [9.17, 15) is 14.7 Å². The third-order valence-electron chi connectivity index (χ3n) is 6.75. The molecule has 0 bridgehead atoms. The van der Waals surface area contributed by atoms with Crippen LogP contribution in [0.15, 0.2) is 72.3 Å². The van der Waals surface area contributed by atoms with Crippen molar-refractivity contribution in [2.24, 2.45) is 0 Å². The smallest absolute Gasteiger partial charge is 0.295 e. The van der Waals surface area contributed by atoms with Crippen LogP contribution in [0, 0.1) is 6.92 Å². The Morgan fingerprint density at radius 3 is 2.39 bits per heavy atom. The predicted molar refractivity (Wildman–Crippen MR) is 148 cm³/mol. The number of amides is 1. The van der Waals surface area contributed by atoms with Gasteiger partial charge in [-0.05, 0) is 60.7 Å². The van der Waals surface area contributed by atoms with Crippen molar-refractivity contribution in [3.8, 4) is 11.5 Å². The van der Waals surface area contributed by atoms with Crippen LogP contribution in [-0.4, -0.2) is 35.4 Å². The Balaban J connectivity index is 1.88. The topological polar surface area (TPSA) is 76.1 Å². The van der Waals surface area contributed by atoms with Gasteiger partial charge in [0, 0.05) is 17.7 Å². The summed E-state index contributed by atoms with van der Waals surface area (Å²) in [5.74, 6) is -0.164. The van der Waals surface area contributed by atoms with E-state index in [0.717, 1.165) is 28.0 Å². The molecule has 1 heterocycles. The highest BCUT2D eigenvalue weighted by atomic mass is 16.5. The lowest BCUT2D eigenvalue weighted by Crippen LogP contribution is -2.29. The predicted octanol–water partition coefficient (Wildman–Crippen LogP) is 6.32. The van der Waals surface area contributed by atoms with Crippen molar-refractivity contribution in [3.63, 3.8) is 0 Å². The highest BCUT2D eigenvalue weighted by Gasteiger charge is 2.46. The Morgan fingerprint density at radius 2 is 1.74 bits per heavy atom. The Kier molecular flexibility index (Phi) is 7.63. The first-order chi connectivity index (χ1) is 18.0. The van der Waals surface area contributed by atoms with Crippen molar-refractivity contribution in [3.05, 3.63) is 100 Å². The van der Waals surface area contributed by atoms with Crippen LogP contribution in [0.5, 0.6) is 11.5 Å². The van der Waals surface area contributed by atoms with Crippen molar-refractivity contribution < 1.29 is 24.2 Å². The van der Waals surface area contributed by atoms with Crippen LogP contribution in [0.3, 0.4) is 0 Å². The number of hydrogen-bond donors (Lipinski definition) is 1. The van der Waals surface area contributed by atoms with Gasteiger partial charge in [-0.3, -0.25) is 9.59 Å². The van der Waals surface area contributed by atoms with Crippen molar-refractivity contribution in [2.45, 2.75) is 52.6 Å². The molecule has 3 aromatic carbocycles. The minimum atomic E-state index is -0.745. The monoisotopic (exact) mass is 513 g/mol. The zero-order valence-electron chi connectivity index (χ0n) is 22.9. The Labute approximate surface area is 224 Å². The third-order valence-corrected chi connectivity index (χ3v) is 6.75. The number of aliphatic hydroxyl groups excluding tert-OH is 1. The molecule has 3 aromatic rings. The molecule has 1 N–H and O–H groups in total. The van der Waals surface area contributed by atoms with E-state index in [1.807, 2.05) is 74.5 Å². The van der Waals surface area contributed by atoms with Gasteiger partial charge in [0.05, 0.1) is 25.3 Å². The van der Waals surface area contributed by atoms with E-state index in [1.54, 1.807) is 13.2 Å². The van der Waals surface area contributed by atoms with Crippen LogP contribution in [0.25, 0.3) is 5.76 Å². The molecule has 1 atom stereocenters. The van der Waals surface area contributed by atoms with Gasteiger partial charge in [-0.15, -0.1) is 0 Å². The van der Waals surface area contributed by atoms with Crippen molar-refractivity contribution in [1.82, 2.24) is 4.90 Å². The van der Waals surface area contributed by atoms with Gasteiger partial charge in [0.1, 0.15) is 17.3 Å². The van der Waals surface area contributed by atoms with Crippen molar-refractivity contribution in [1.29, 1.82) is 0 Å². The van der Waals surface area contributed by atoms with Gasteiger partial charge in [-0.25, -0.2) is 0 Å². The number of rotatable bonds is 7. The summed E-state index contributed by atoms with van der Waals surface area (Å²) in [4.78, 5) is 28.5. The molecular weight excluding hydrogens is 478 g/mol. The molecule has 1 aliphatic rings. The molecule has 1 fully saturated rings. The van der Waals surface area contributed by atoms with E-state index in [2.05, 4.69) is 20.8 Å². The van der Waals surface area contributed by atoms with Gasteiger partial charge < -0.3 is 19.5 Å². The molecule has 0 saturated carbocycles. The first kappa shape index (κ1) is 27.0. The van der Waals surface area contributed by atoms with Gasteiger partial charge in [0.15, 0.2) is 0 Å². The molecule has 1 unspecified atom stereocenters. The van der Waals surface area contributed by atoms with E-state index in [1.165, 1.54) is 4.90 Å². The number of Topliss-reactive ketones (excluding diaryl/α,β-unsaturated/α-hetero) is 1. The first-order valence-corrected chi connectivity index (χ1v) is 12.8. The Hall–Kier alpha value is -4.06. The molecule has 6 nitrogen and oxygen atoms in total. The summed E-state index contributed by atoms with van der Waals surface area (Å²) in [6.07, 6.45) is 0. The number of aryl methyl sites for hydroxylation is 1. The molecule has 0 radical (unpaired) electrons. The summed E-state index contributed by atoms with van der Waals surface area (Å²) in [5.41, 5.74) is 3.75. The van der Waals surface area contributed by atoms with Gasteiger partial charge in [0.2, 0.25) is 0 Å². The van der Waals surface area contributed by atoms with E-state index >= 15 is 0 Å². The van der Waals surface area contributed by atoms with Crippen LogP contribution in [0.4, 0.5) is 0 Å². The molecule has 4 rings (SSSR count). The lowest BCUT2D eigenvalue weighted by Gasteiger charge is -2.26. The molecule has 0 aliphatic carbocycles. The number of nitrogens with zero attached hydrogens (tertiary/aromatic N) is 1. The number of aliphatic hydroxyl groups is 1. The molecule has 0 spiro atoms. The lowest BCUT2D eigenvalue weighted by molar-refractivity contribution is -0.140. The normalized spacial score (nSPS) is 17.1. The second kappa shape index (κ2) is 10.7. The fraction of sp³-hybridized carbons (Fsp3) is 0.312. The minimum Gasteiger partial charge on any atom is -0.507 e. The molecule has 1 amide bonds. The van der Waals surface area contributed by atoms with Crippen LogP contribution < -0.4 is 9.47 Å². The number of methoxy groups -OCH3 is 1. The third kappa shape index (κ3) is 5.30. The number of carbonyl (C=O) groups excluding carboxylic acids is 2. The maximum atomic E-state index is 13.5. The Morgan fingerprint density at radius 1 is 1.00 bits per heavy atom. The molecule has 38 heavy (non-hydrogen) atoms. The zero-order valence-corrected chi connectivity index (χ0v) is 22.9. The average Bonchev–Trinajstić information content (AvgIpc) is 3.13.